The summed E-state index contributed by atoms with van der Waals surface area (Å²) in [6.07, 6.45) is 1.67. The molecule has 0 saturated heterocycles. The van der Waals surface area contributed by atoms with E-state index in [-0.39, 0.29) is 5.69 Å². The average molecular weight is 360 g/mol. The number of amidine groups is 1. The van der Waals surface area contributed by atoms with Gasteiger partial charge in [-0.2, -0.15) is 0 Å². The number of hydrogen-bond donors (Lipinski definition) is 2. The number of aliphatic imine (C=N–C) groups is 1. The summed E-state index contributed by atoms with van der Waals surface area (Å²) in [6, 6.07) is 13.4. The molecule has 6 heteroatoms. The molecular formula is C16H11BrFN3O. The molecule has 110 valence electrons. The van der Waals surface area contributed by atoms with E-state index in [2.05, 4.69) is 31.6 Å². The molecule has 22 heavy (non-hydrogen) atoms. The number of anilines is 1. The van der Waals surface area contributed by atoms with Gasteiger partial charge in [0.05, 0.1) is 5.69 Å². The molecule has 2 amide bonds. The molecular weight excluding hydrogens is 349 g/mol. The summed E-state index contributed by atoms with van der Waals surface area (Å²) < 4.78 is 14.3. The van der Waals surface area contributed by atoms with Crippen molar-refractivity contribution in [3.05, 3.63) is 70.6 Å². The summed E-state index contributed by atoms with van der Waals surface area (Å²) in [6.45, 7) is 0. The first-order valence-corrected chi connectivity index (χ1v) is 7.29. The lowest BCUT2D eigenvalue weighted by atomic mass is 10.0. The lowest BCUT2D eigenvalue weighted by molar-refractivity contribution is 0.256. The van der Waals surface area contributed by atoms with Crippen LogP contribution < -0.4 is 10.6 Å². The third-order valence-electron chi connectivity index (χ3n) is 3.07. The zero-order chi connectivity index (χ0) is 15.5. The van der Waals surface area contributed by atoms with Crippen molar-refractivity contribution in [2.45, 2.75) is 0 Å². The summed E-state index contributed by atoms with van der Waals surface area (Å²) in [5.74, 6) is -0.0554. The molecule has 3 rings (SSSR count). The summed E-state index contributed by atoms with van der Waals surface area (Å²) in [4.78, 5) is 15.9. The first-order valence-electron chi connectivity index (χ1n) is 6.50. The van der Waals surface area contributed by atoms with Gasteiger partial charge in [0.25, 0.3) is 0 Å². The van der Waals surface area contributed by atoms with E-state index >= 15 is 0 Å². The SMILES string of the molecule is O=C(NC1=NC=C1c1ccccc1)Nc1ccc(Br)cc1F. The molecule has 1 aliphatic rings. The summed E-state index contributed by atoms with van der Waals surface area (Å²) in [7, 11) is 0. The van der Waals surface area contributed by atoms with E-state index in [1.807, 2.05) is 30.3 Å². The topological polar surface area (TPSA) is 53.5 Å². The van der Waals surface area contributed by atoms with Crippen LogP contribution in [0.4, 0.5) is 14.9 Å². The zero-order valence-electron chi connectivity index (χ0n) is 11.3. The van der Waals surface area contributed by atoms with Crippen LogP contribution in [0.15, 0.2) is 64.2 Å². The van der Waals surface area contributed by atoms with Crippen LogP contribution in [-0.4, -0.2) is 11.9 Å². The van der Waals surface area contributed by atoms with E-state index in [1.54, 1.807) is 12.3 Å². The van der Waals surface area contributed by atoms with Crippen LogP contribution in [0.2, 0.25) is 0 Å². The molecule has 1 aliphatic heterocycles. The molecule has 0 radical (unpaired) electrons. The number of urea groups is 1. The standard InChI is InChI=1S/C16H11BrFN3O/c17-11-6-7-14(13(18)8-11)20-16(22)21-15-12(9-19-15)10-4-2-1-3-5-10/h1-9H,(H2,19,20,21,22). The van der Waals surface area contributed by atoms with Crippen LogP contribution in [-0.2, 0) is 0 Å². The highest BCUT2D eigenvalue weighted by molar-refractivity contribution is 9.10. The quantitative estimate of drug-likeness (QED) is 0.830. The Morgan fingerprint density at radius 2 is 1.86 bits per heavy atom. The number of amides is 2. The second-order valence-electron chi connectivity index (χ2n) is 4.59. The van der Waals surface area contributed by atoms with Crippen LogP contribution in [0.1, 0.15) is 5.56 Å². The average Bonchev–Trinajstić information content (AvgIpc) is 2.48. The van der Waals surface area contributed by atoms with Crippen molar-refractivity contribution in [3.63, 3.8) is 0 Å². The lowest BCUT2D eigenvalue weighted by Gasteiger charge is -2.17. The van der Waals surface area contributed by atoms with E-state index < -0.39 is 11.8 Å². The molecule has 1 heterocycles. The minimum absolute atomic E-state index is 0.103. The normalized spacial score (nSPS) is 12.8. The molecule has 0 unspecified atom stereocenters. The fourth-order valence-electron chi connectivity index (χ4n) is 1.97. The molecule has 0 bridgehead atoms. The molecule has 0 atom stereocenters. The fraction of sp³-hybridized carbons (Fsp3) is 0. The van der Waals surface area contributed by atoms with Gasteiger partial charge < -0.3 is 5.32 Å². The molecule has 4 nitrogen and oxygen atoms in total. The largest absolute Gasteiger partial charge is 0.324 e. The van der Waals surface area contributed by atoms with E-state index in [0.717, 1.165) is 11.1 Å². The maximum Gasteiger partial charge on any atom is 0.324 e. The van der Waals surface area contributed by atoms with Gasteiger partial charge in [-0.05, 0) is 23.8 Å². The van der Waals surface area contributed by atoms with Gasteiger partial charge in [-0.3, -0.25) is 5.32 Å². The van der Waals surface area contributed by atoms with Gasteiger partial charge in [0, 0.05) is 16.2 Å². The van der Waals surface area contributed by atoms with Crippen molar-refractivity contribution >= 4 is 39.1 Å². The molecule has 2 N–H and O–H groups in total. The second-order valence-corrected chi connectivity index (χ2v) is 5.51. The Morgan fingerprint density at radius 1 is 1.09 bits per heavy atom. The number of benzene rings is 2. The van der Waals surface area contributed by atoms with Crippen LogP contribution in [0.5, 0.6) is 0 Å². The van der Waals surface area contributed by atoms with Gasteiger partial charge in [0.1, 0.15) is 11.7 Å². The highest BCUT2D eigenvalue weighted by atomic mass is 79.9. The van der Waals surface area contributed by atoms with Crippen LogP contribution in [0.25, 0.3) is 5.57 Å². The Labute approximate surface area is 134 Å². The first kappa shape index (κ1) is 14.5. The lowest BCUT2D eigenvalue weighted by Crippen LogP contribution is -2.37. The number of hydrogen-bond acceptors (Lipinski definition) is 2. The zero-order valence-corrected chi connectivity index (χ0v) is 12.9. The second kappa shape index (κ2) is 6.11. The Hall–Kier alpha value is -2.47. The first-order chi connectivity index (χ1) is 10.6. The third kappa shape index (κ3) is 3.07. The van der Waals surface area contributed by atoms with E-state index in [0.29, 0.717) is 10.3 Å². The molecule has 0 fully saturated rings. The van der Waals surface area contributed by atoms with Crippen molar-refractivity contribution in [1.82, 2.24) is 5.32 Å². The molecule has 0 spiro atoms. The predicted octanol–water partition coefficient (Wildman–Crippen LogP) is 4.16. The van der Waals surface area contributed by atoms with Crippen molar-refractivity contribution in [2.24, 2.45) is 4.99 Å². The van der Waals surface area contributed by atoms with Crippen molar-refractivity contribution in [1.29, 1.82) is 0 Å². The van der Waals surface area contributed by atoms with E-state index in [1.165, 1.54) is 12.1 Å². The molecule has 2 aromatic carbocycles. The van der Waals surface area contributed by atoms with Crippen LogP contribution in [0, 0.1) is 5.82 Å². The number of carbonyl (C=O) groups excluding carboxylic acids is 1. The van der Waals surface area contributed by atoms with Gasteiger partial charge in [-0.1, -0.05) is 46.3 Å². The van der Waals surface area contributed by atoms with Gasteiger partial charge >= 0.3 is 6.03 Å². The highest BCUT2D eigenvalue weighted by Crippen LogP contribution is 2.22. The summed E-state index contributed by atoms with van der Waals surface area (Å²) in [5.41, 5.74) is 1.90. The Balaban J connectivity index is 1.63. The summed E-state index contributed by atoms with van der Waals surface area (Å²) >= 11 is 3.16. The maximum atomic E-state index is 13.7. The third-order valence-corrected chi connectivity index (χ3v) is 3.57. The minimum Gasteiger partial charge on any atom is -0.305 e. The van der Waals surface area contributed by atoms with Crippen LogP contribution in [0.3, 0.4) is 0 Å². The number of carbonyl (C=O) groups is 1. The Morgan fingerprint density at radius 3 is 2.50 bits per heavy atom. The number of rotatable bonds is 2. The molecule has 2 aromatic rings. The monoisotopic (exact) mass is 359 g/mol. The van der Waals surface area contributed by atoms with Gasteiger partial charge in [-0.15, -0.1) is 0 Å². The van der Waals surface area contributed by atoms with Crippen LogP contribution >= 0.6 is 15.9 Å². The smallest absolute Gasteiger partial charge is 0.305 e. The molecule has 0 aliphatic carbocycles. The molecule has 0 aromatic heterocycles. The highest BCUT2D eigenvalue weighted by Gasteiger charge is 2.18. The van der Waals surface area contributed by atoms with Crippen molar-refractivity contribution in [2.75, 3.05) is 5.32 Å². The number of halogens is 2. The van der Waals surface area contributed by atoms with Crippen molar-refractivity contribution < 1.29 is 9.18 Å². The van der Waals surface area contributed by atoms with Gasteiger partial charge in [0.15, 0.2) is 0 Å². The van der Waals surface area contributed by atoms with E-state index in [9.17, 15) is 9.18 Å². The predicted molar refractivity (Wildman–Crippen MR) is 88.1 cm³/mol. The van der Waals surface area contributed by atoms with Gasteiger partial charge in [-0.25, -0.2) is 14.2 Å². The summed E-state index contributed by atoms with van der Waals surface area (Å²) in [5, 5.41) is 5.06. The Bertz CT molecular complexity index is 787. The fourth-order valence-corrected chi connectivity index (χ4v) is 2.31. The van der Waals surface area contributed by atoms with Gasteiger partial charge in [0.2, 0.25) is 0 Å². The maximum absolute atomic E-state index is 13.7. The number of nitrogens with zero attached hydrogens (tertiary/aromatic N) is 1. The minimum atomic E-state index is -0.540. The Kier molecular flexibility index (Phi) is 4.02. The van der Waals surface area contributed by atoms with E-state index in [4.69, 9.17) is 0 Å². The number of nitrogens with one attached hydrogen (secondary N) is 2. The van der Waals surface area contributed by atoms with Crippen molar-refractivity contribution in [3.8, 4) is 0 Å². The molecule has 0 saturated carbocycles.